The lowest BCUT2D eigenvalue weighted by molar-refractivity contribution is -0.131. The van der Waals surface area contributed by atoms with Gasteiger partial charge in [-0.2, -0.15) is 0 Å². The highest BCUT2D eigenvalue weighted by Crippen LogP contribution is 2.47. The van der Waals surface area contributed by atoms with Gasteiger partial charge in [0.05, 0.1) is 12.2 Å². The fourth-order valence-electron chi connectivity index (χ4n) is 7.63. The van der Waals surface area contributed by atoms with E-state index in [1.165, 1.54) is 82.4 Å². The van der Waals surface area contributed by atoms with Gasteiger partial charge in [-0.05, 0) is 121 Å². The second-order valence-corrected chi connectivity index (χ2v) is 13.6. The maximum atomic E-state index is 12.3. The second-order valence-electron chi connectivity index (χ2n) is 13.6. The van der Waals surface area contributed by atoms with Gasteiger partial charge in [-0.25, -0.2) is 9.59 Å². The first kappa shape index (κ1) is 34.4. The molecule has 0 aromatic heterocycles. The predicted molar refractivity (Wildman–Crippen MR) is 189 cm³/mol. The molecule has 3 aromatic rings. The Kier molecular flexibility index (Phi) is 11.9. The molecule has 248 valence electrons. The minimum absolute atomic E-state index is 0.136. The van der Waals surface area contributed by atoms with E-state index in [1.807, 2.05) is 48.5 Å². The van der Waals surface area contributed by atoms with Crippen molar-refractivity contribution in [1.29, 1.82) is 0 Å². The van der Waals surface area contributed by atoms with Crippen molar-refractivity contribution in [2.75, 3.05) is 13.7 Å². The summed E-state index contributed by atoms with van der Waals surface area (Å²) in [5.74, 6) is 3.24. The molecule has 0 N–H and O–H groups in total. The first-order chi connectivity index (χ1) is 22.7. The van der Waals surface area contributed by atoms with Crippen LogP contribution < -0.4 is 9.47 Å². The minimum Gasteiger partial charge on any atom is -0.423 e. The van der Waals surface area contributed by atoms with Crippen molar-refractivity contribution in [3.8, 4) is 33.8 Å². The van der Waals surface area contributed by atoms with Crippen LogP contribution in [0.2, 0.25) is 0 Å². The summed E-state index contributed by atoms with van der Waals surface area (Å²) < 4.78 is 16.0. The van der Waals surface area contributed by atoms with Crippen molar-refractivity contribution in [2.45, 2.75) is 84.0 Å². The zero-order valence-electron chi connectivity index (χ0n) is 28.4. The fourth-order valence-corrected chi connectivity index (χ4v) is 7.63. The molecular weight excluding hydrogens is 584 g/mol. The maximum Gasteiger partial charge on any atom is 0.341 e. The maximum absolute atomic E-state index is 12.3. The van der Waals surface area contributed by atoms with Crippen LogP contribution in [-0.2, 0) is 14.3 Å². The molecule has 2 aliphatic carbocycles. The molecule has 2 aliphatic rings. The van der Waals surface area contributed by atoms with Gasteiger partial charge in [-0.15, -0.1) is 0 Å². The lowest BCUT2D eigenvalue weighted by Crippen LogP contribution is -2.25. The van der Waals surface area contributed by atoms with E-state index in [0.29, 0.717) is 23.0 Å². The van der Waals surface area contributed by atoms with E-state index in [0.717, 1.165) is 34.4 Å². The van der Waals surface area contributed by atoms with Crippen LogP contribution in [0, 0.1) is 17.8 Å². The third-order valence-electron chi connectivity index (χ3n) is 10.2. The van der Waals surface area contributed by atoms with Gasteiger partial charge < -0.3 is 14.2 Å². The average molecular weight is 635 g/mol. The minimum atomic E-state index is -0.485. The molecule has 0 aliphatic heterocycles. The third-order valence-corrected chi connectivity index (χ3v) is 10.2. The van der Waals surface area contributed by atoms with E-state index in [4.69, 9.17) is 14.2 Å². The number of carbonyl (C=O) groups excluding carboxylic acids is 2. The highest BCUT2D eigenvalue weighted by atomic mass is 16.5. The van der Waals surface area contributed by atoms with Crippen molar-refractivity contribution in [1.82, 2.24) is 0 Å². The van der Waals surface area contributed by atoms with Crippen LogP contribution in [0.4, 0.5) is 0 Å². The largest absolute Gasteiger partial charge is 0.423 e. The number of methoxy groups -OCH3 is 1. The molecule has 5 nitrogen and oxygen atoms in total. The Labute approximate surface area is 281 Å². The number of rotatable bonds is 12. The normalized spacial score (nSPS) is 21.1. The summed E-state index contributed by atoms with van der Waals surface area (Å²) in [7, 11) is 1.53. The topological polar surface area (TPSA) is 61.8 Å². The van der Waals surface area contributed by atoms with Crippen LogP contribution in [0.5, 0.6) is 11.5 Å². The molecule has 0 bridgehead atoms. The van der Waals surface area contributed by atoms with Gasteiger partial charge in [0.2, 0.25) is 0 Å². The summed E-state index contributed by atoms with van der Waals surface area (Å²) in [5.41, 5.74) is 6.54. The van der Waals surface area contributed by atoms with Crippen LogP contribution in [0.3, 0.4) is 0 Å². The summed E-state index contributed by atoms with van der Waals surface area (Å²) >= 11 is 0. The van der Waals surface area contributed by atoms with Crippen molar-refractivity contribution in [3.63, 3.8) is 0 Å². The molecule has 3 aromatic carbocycles. The summed E-state index contributed by atoms with van der Waals surface area (Å²) in [4.78, 5) is 24.3. The van der Waals surface area contributed by atoms with E-state index in [1.54, 1.807) is 6.92 Å². The molecule has 0 amide bonds. The van der Waals surface area contributed by atoms with Gasteiger partial charge in [0.25, 0.3) is 0 Å². The lowest BCUT2D eigenvalue weighted by atomic mass is 9.67. The first-order valence-corrected chi connectivity index (χ1v) is 17.4. The Morgan fingerprint density at radius 2 is 1.23 bits per heavy atom. The number of carbonyl (C=O) groups is 2. The Bertz CT molecular complexity index is 1530. The zero-order valence-corrected chi connectivity index (χ0v) is 28.4. The van der Waals surface area contributed by atoms with Crippen molar-refractivity contribution >= 4 is 11.9 Å². The molecule has 0 spiro atoms. The molecule has 5 heteroatoms. The van der Waals surface area contributed by atoms with Crippen LogP contribution in [0.15, 0.2) is 91.0 Å². The first-order valence-electron chi connectivity index (χ1n) is 17.4. The van der Waals surface area contributed by atoms with E-state index in [2.05, 4.69) is 38.3 Å². The Morgan fingerprint density at radius 1 is 0.702 bits per heavy atom. The van der Waals surface area contributed by atoms with E-state index in [9.17, 15) is 9.59 Å². The molecule has 0 radical (unpaired) electrons. The average Bonchev–Trinajstić information content (AvgIpc) is 3.09. The van der Waals surface area contributed by atoms with Crippen molar-refractivity contribution in [3.05, 3.63) is 96.6 Å². The van der Waals surface area contributed by atoms with Gasteiger partial charge in [0.1, 0.15) is 11.5 Å². The number of esters is 2. The Balaban J connectivity index is 1.36. The van der Waals surface area contributed by atoms with Crippen molar-refractivity contribution < 1.29 is 23.8 Å². The van der Waals surface area contributed by atoms with Crippen LogP contribution in [0.1, 0.15) is 89.5 Å². The predicted octanol–water partition coefficient (Wildman–Crippen LogP) is 10.5. The third kappa shape index (κ3) is 8.90. The number of ether oxygens (including phenoxy) is 3. The van der Waals surface area contributed by atoms with Crippen LogP contribution in [-0.4, -0.2) is 25.7 Å². The molecule has 0 saturated heterocycles. The standard InChI is InChI=1S/C42H50O5/c1-6-7-30-8-10-31(11-9-30)32-12-14-35(15-13-32)40-26-36(33-16-21-37(22-17-33)46-41(43)28(2)3)20-25-39(40)34-18-23-38(24-19-34)47-42(44)29(4)27-45-5/h16-26,30-32,35H,2,4,6-15,27H2,1,3,5H3. The molecule has 2 fully saturated rings. The Hall–Kier alpha value is -3.96. The number of hydrogen-bond acceptors (Lipinski definition) is 5. The molecule has 0 heterocycles. The monoisotopic (exact) mass is 634 g/mol. The van der Waals surface area contributed by atoms with Crippen LogP contribution in [0.25, 0.3) is 22.3 Å². The molecule has 5 rings (SSSR count). The molecule has 47 heavy (non-hydrogen) atoms. The highest BCUT2D eigenvalue weighted by Gasteiger charge is 2.32. The van der Waals surface area contributed by atoms with Gasteiger partial charge in [-0.1, -0.05) is 88.2 Å². The summed E-state index contributed by atoms with van der Waals surface area (Å²) in [5, 5.41) is 0. The van der Waals surface area contributed by atoms with E-state index in [-0.39, 0.29) is 12.2 Å². The Morgan fingerprint density at radius 3 is 1.79 bits per heavy atom. The van der Waals surface area contributed by atoms with E-state index >= 15 is 0 Å². The molecule has 0 unspecified atom stereocenters. The SMILES string of the molecule is C=C(C)C(=O)Oc1ccc(-c2ccc(-c3ccc(OC(=O)C(=C)COC)cc3)c(C3CCC(C4CCC(CCC)CC4)CC3)c2)cc1. The highest BCUT2D eigenvalue weighted by molar-refractivity contribution is 5.90. The van der Waals surface area contributed by atoms with Gasteiger partial charge in [-0.3, -0.25) is 0 Å². The zero-order chi connectivity index (χ0) is 33.3. The fraction of sp³-hybridized carbons (Fsp3) is 0.429. The smallest absolute Gasteiger partial charge is 0.341 e. The van der Waals surface area contributed by atoms with Gasteiger partial charge in [0.15, 0.2) is 0 Å². The summed E-state index contributed by atoms with van der Waals surface area (Å²) in [6, 6.07) is 22.2. The molecule has 0 atom stereocenters. The second kappa shape index (κ2) is 16.2. The van der Waals surface area contributed by atoms with Gasteiger partial charge >= 0.3 is 11.9 Å². The number of benzene rings is 3. The van der Waals surface area contributed by atoms with Crippen molar-refractivity contribution in [2.24, 2.45) is 17.8 Å². The molecule has 2 saturated carbocycles. The van der Waals surface area contributed by atoms with Gasteiger partial charge in [0, 0.05) is 12.7 Å². The summed E-state index contributed by atoms with van der Waals surface area (Å²) in [6.45, 7) is 11.5. The number of hydrogen-bond donors (Lipinski definition) is 0. The quantitative estimate of drug-likeness (QED) is 0.113. The molecular formula is C42H50O5. The lowest BCUT2D eigenvalue weighted by Gasteiger charge is -2.38. The van der Waals surface area contributed by atoms with E-state index < -0.39 is 11.9 Å². The van der Waals surface area contributed by atoms with Crippen LogP contribution >= 0.6 is 0 Å². The summed E-state index contributed by atoms with van der Waals surface area (Å²) in [6.07, 6.45) is 13.3.